The van der Waals surface area contributed by atoms with Crippen LogP contribution in [0.4, 0.5) is 0 Å². The van der Waals surface area contributed by atoms with Gasteiger partial charge >= 0.3 is 0 Å². The van der Waals surface area contributed by atoms with Crippen molar-refractivity contribution >= 4 is 0 Å². The fourth-order valence-corrected chi connectivity index (χ4v) is 13.6. The Bertz CT molecular complexity index is 1250. The normalized spacial score (nSPS) is 30.5. The molecule has 0 aromatic heterocycles. The van der Waals surface area contributed by atoms with Crippen molar-refractivity contribution in [2.24, 2.45) is 46.3 Å². The third-order valence-corrected chi connectivity index (χ3v) is 17.3. The predicted octanol–water partition coefficient (Wildman–Crippen LogP) is 15.9. The molecule has 9 atom stereocenters. The first-order chi connectivity index (χ1) is 29.7. The molecule has 0 amide bonds. The van der Waals surface area contributed by atoms with Gasteiger partial charge in [0.25, 0.3) is 0 Å². The van der Waals surface area contributed by atoms with E-state index in [-0.39, 0.29) is 6.10 Å². The molecule has 4 heteroatoms. The summed E-state index contributed by atoms with van der Waals surface area (Å²) in [4.78, 5) is 2.61. The van der Waals surface area contributed by atoms with E-state index in [1.807, 2.05) is 0 Å². The van der Waals surface area contributed by atoms with Crippen LogP contribution in [-0.2, 0) is 14.2 Å². The van der Waals surface area contributed by atoms with Crippen molar-refractivity contribution in [3.63, 3.8) is 0 Å². The SMILES string of the molecule is CCCCC/C=C\C/C=C\CCCCCCCCCCOCC(CN1CCCCC1)OCCO[C@H]1CC[C@@]2(C)C(=CC[C@H]3C4CCC([C@H](C)CCCC(C)C)[C@@]4(C)CCC32)C1. The van der Waals surface area contributed by atoms with Crippen LogP contribution in [0.25, 0.3) is 0 Å². The first-order valence-electron chi connectivity index (χ1n) is 27.3. The minimum atomic E-state index is 0.145. The summed E-state index contributed by atoms with van der Waals surface area (Å²) >= 11 is 0. The van der Waals surface area contributed by atoms with Crippen molar-refractivity contribution in [2.45, 2.75) is 234 Å². The molecule has 1 saturated heterocycles. The molecule has 352 valence electrons. The molecule has 4 fully saturated rings. The third kappa shape index (κ3) is 16.5. The Labute approximate surface area is 379 Å². The summed E-state index contributed by atoms with van der Waals surface area (Å²) in [7, 11) is 0. The zero-order valence-corrected chi connectivity index (χ0v) is 41.4. The third-order valence-electron chi connectivity index (χ3n) is 17.3. The highest BCUT2D eigenvalue weighted by molar-refractivity contribution is 5.25. The van der Waals surface area contributed by atoms with Crippen LogP contribution in [0.2, 0.25) is 0 Å². The lowest BCUT2D eigenvalue weighted by molar-refractivity contribution is -0.0803. The second-order valence-electron chi connectivity index (χ2n) is 22.2. The van der Waals surface area contributed by atoms with Gasteiger partial charge in [0.1, 0.15) is 0 Å². The number of rotatable bonds is 31. The maximum atomic E-state index is 6.65. The first kappa shape index (κ1) is 51.1. The quantitative estimate of drug-likeness (QED) is 0.0514. The molecule has 5 rings (SSSR count). The minimum absolute atomic E-state index is 0.145. The second kappa shape index (κ2) is 28.2. The molecule has 5 aliphatic rings. The van der Waals surface area contributed by atoms with Crippen molar-refractivity contribution in [3.8, 4) is 0 Å². The van der Waals surface area contributed by atoms with Crippen molar-refractivity contribution in [2.75, 3.05) is 46.1 Å². The highest BCUT2D eigenvalue weighted by Gasteiger charge is 2.59. The van der Waals surface area contributed by atoms with Gasteiger partial charge < -0.3 is 19.1 Å². The minimum Gasteiger partial charge on any atom is -0.379 e. The van der Waals surface area contributed by atoms with Crippen LogP contribution in [0.5, 0.6) is 0 Å². The van der Waals surface area contributed by atoms with Gasteiger partial charge in [-0.05, 0) is 162 Å². The number of allylic oxidation sites excluding steroid dienone is 5. The lowest BCUT2D eigenvalue weighted by Crippen LogP contribution is -2.51. The van der Waals surface area contributed by atoms with E-state index in [2.05, 4.69) is 76.8 Å². The average molecular weight is 848 g/mol. The summed E-state index contributed by atoms with van der Waals surface area (Å²) in [6.07, 6.45) is 50.1. The molecule has 0 N–H and O–H groups in total. The van der Waals surface area contributed by atoms with Crippen LogP contribution >= 0.6 is 0 Å². The van der Waals surface area contributed by atoms with E-state index in [1.54, 1.807) is 5.57 Å². The van der Waals surface area contributed by atoms with Gasteiger partial charge in [-0.1, -0.05) is 155 Å². The molecular weight excluding hydrogens is 747 g/mol. The number of ether oxygens (including phenoxy) is 3. The van der Waals surface area contributed by atoms with Crippen molar-refractivity contribution in [1.29, 1.82) is 0 Å². The second-order valence-corrected chi connectivity index (χ2v) is 22.2. The van der Waals surface area contributed by atoms with Gasteiger partial charge in [0, 0.05) is 13.2 Å². The molecule has 4 aliphatic carbocycles. The number of unbranched alkanes of at least 4 members (excludes halogenated alkanes) is 11. The summed E-state index contributed by atoms with van der Waals surface area (Å²) in [6.45, 7) is 21.5. The largest absolute Gasteiger partial charge is 0.379 e. The molecule has 0 radical (unpaired) electrons. The average Bonchev–Trinajstić information content (AvgIpc) is 3.62. The molecule has 3 saturated carbocycles. The lowest BCUT2D eigenvalue weighted by atomic mass is 9.47. The molecule has 4 nitrogen and oxygen atoms in total. The Morgan fingerprint density at radius 2 is 1.44 bits per heavy atom. The maximum Gasteiger partial charge on any atom is 0.0936 e. The van der Waals surface area contributed by atoms with Gasteiger partial charge in [-0.25, -0.2) is 0 Å². The maximum absolute atomic E-state index is 6.65. The number of piperidine rings is 1. The van der Waals surface area contributed by atoms with E-state index in [0.29, 0.717) is 30.1 Å². The van der Waals surface area contributed by atoms with E-state index in [4.69, 9.17) is 14.2 Å². The van der Waals surface area contributed by atoms with Gasteiger partial charge in [0.2, 0.25) is 0 Å². The van der Waals surface area contributed by atoms with Crippen LogP contribution in [0.15, 0.2) is 36.0 Å². The number of hydrogen-bond acceptors (Lipinski definition) is 4. The lowest BCUT2D eigenvalue weighted by Gasteiger charge is -2.58. The Hall–Kier alpha value is -0.940. The molecule has 0 aromatic rings. The molecule has 1 heterocycles. The van der Waals surface area contributed by atoms with E-state index in [0.717, 1.165) is 68.1 Å². The number of hydrogen-bond donors (Lipinski definition) is 0. The summed E-state index contributed by atoms with van der Waals surface area (Å²) < 4.78 is 19.5. The van der Waals surface area contributed by atoms with E-state index in [1.165, 1.54) is 180 Å². The first-order valence-corrected chi connectivity index (χ1v) is 27.3. The molecular formula is C57H101NO3. The predicted molar refractivity (Wildman–Crippen MR) is 262 cm³/mol. The van der Waals surface area contributed by atoms with Crippen LogP contribution in [-0.4, -0.2) is 63.2 Å². The van der Waals surface area contributed by atoms with Gasteiger partial charge in [-0.15, -0.1) is 0 Å². The van der Waals surface area contributed by atoms with Crippen LogP contribution in [0, 0.1) is 46.3 Å². The van der Waals surface area contributed by atoms with Gasteiger partial charge in [0.05, 0.1) is 32.0 Å². The van der Waals surface area contributed by atoms with Gasteiger partial charge in [-0.2, -0.15) is 0 Å². The van der Waals surface area contributed by atoms with E-state index < -0.39 is 0 Å². The molecule has 4 unspecified atom stereocenters. The highest BCUT2D eigenvalue weighted by atomic mass is 16.6. The summed E-state index contributed by atoms with van der Waals surface area (Å²) in [5, 5.41) is 0. The van der Waals surface area contributed by atoms with Gasteiger partial charge in [-0.3, -0.25) is 0 Å². The highest BCUT2D eigenvalue weighted by Crippen LogP contribution is 2.67. The monoisotopic (exact) mass is 848 g/mol. The fraction of sp³-hybridized carbons (Fsp3) is 0.895. The molecule has 0 bridgehead atoms. The Balaban J connectivity index is 0.937. The zero-order valence-electron chi connectivity index (χ0n) is 41.4. The van der Waals surface area contributed by atoms with Gasteiger partial charge in [0.15, 0.2) is 0 Å². The van der Waals surface area contributed by atoms with E-state index >= 15 is 0 Å². The van der Waals surface area contributed by atoms with Crippen molar-refractivity contribution in [1.82, 2.24) is 4.90 Å². The molecule has 61 heavy (non-hydrogen) atoms. The molecule has 1 aliphatic heterocycles. The Morgan fingerprint density at radius 3 is 2.18 bits per heavy atom. The summed E-state index contributed by atoms with van der Waals surface area (Å²) in [5.41, 5.74) is 2.71. The molecule has 0 aromatic carbocycles. The zero-order chi connectivity index (χ0) is 43.2. The smallest absolute Gasteiger partial charge is 0.0936 e. The number of likely N-dealkylation sites (tertiary alicyclic amines) is 1. The number of fused-ring (bicyclic) bond motifs is 5. The fourth-order valence-electron chi connectivity index (χ4n) is 13.6. The Kier molecular flexibility index (Phi) is 23.6. The van der Waals surface area contributed by atoms with Crippen molar-refractivity contribution < 1.29 is 14.2 Å². The Morgan fingerprint density at radius 1 is 0.721 bits per heavy atom. The summed E-state index contributed by atoms with van der Waals surface area (Å²) in [6, 6.07) is 0. The number of nitrogens with zero attached hydrogens (tertiary/aromatic N) is 1. The van der Waals surface area contributed by atoms with Crippen LogP contribution < -0.4 is 0 Å². The standard InChI is InChI=1S/C57H101NO3/c1-7-8-9-10-11-12-13-14-15-16-17-18-19-20-21-22-23-27-41-59-46-51(45-58-39-25-24-26-40-58)61-43-42-60-50-35-37-56(5)49(44-50)31-32-52-54-34-33-53(48(4)30-28-29-47(2)3)57(54,6)38-36-55(52)56/h11-12,14-15,31,47-48,50-55H,7-10,13,16-30,32-46H2,1-6H3/b12-11-,15-14-/t48-,50+,51?,52+,53?,54?,55?,56+,57-/m1/s1. The van der Waals surface area contributed by atoms with Crippen LogP contribution in [0.3, 0.4) is 0 Å². The van der Waals surface area contributed by atoms with Crippen molar-refractivity contribution in [3.05, 3.63) is 36.0 Å². The summed E-state index contributed by atoms with van der Waals surface area (Å²) in [5.74, 6) is 5.39. The van der Waals surface area contributed by atoms with E-state index in [9.17, 15) is 0 Å². The molecule has 0 spiro atoms. The topological polar surface area (TPSA) is 30.9 Å². The van der Waals surface area contributed by atoms with Crippen LogP contribution in [0.1, 0.15) is 221 Å².